The van der Waals surface area contributed by atoms with Crippen molar-refractivity contribution in [1.82, 2.24) is 24.6 Å². The van der Waals surface area contributed by atoms with Crippen LogP contribution in [0.25, 0.3) is 5.69 Å². The van der Waals surface area contributed by atoms with Gasteiger partial charge in [-0.05, 0) is 37.6 Å². The Hall–Kier alpha value is -3.14. The van der Waals surface area contributed by atoms with Gasteiger partial charge in [0, 0.05) is 32.4 Å². The standard InChI is InChI=1S/C21H20ClF3N6O/c1-14-27-19(28-31(14)17-6-3-2-5-16(17)22)20(32)30-10-4-9-29(11-12-30)18-8-7-15(13-26-18)21(23,24)25/h2-3,5-8,13H,4,9-12H2,1H3. The SMILES string of the molecule is Cc1nc(C(=O)N2CCCN(c3ccc(C(F)(F)F)cn3)CC2)nn1-c1ccccc1Cl. The molecule has 3 aromatic rings. The van der Waals surface area contributed by atoms with Gasteiger partial charge < -0.3 is 9.80 Å². The third-order valence-corrected chi connectivity index (χ3v) is 5.54. The molecule has 0 unspecified atom stereocenters. The summed E-state index contributed by atoms with van der Waals surface area (Å²) >= 11 is 6.24. The maximum Gasteiger partial charge on any atom is 0.417 e. The fourth-order valence-electron chi connectivity index (χ4n) is 3.56. The van der Waals surface area contributed by atoms with E-state index in [0.717, 1.165) is 12.3 Å². The second kappa shape index (κ2) is 8.78. The number of alkyl halides is 3. The minimum Gasteiger partial charge on any atom is -0.355 e. The van der Waals surface area contributed by atoms with Crippen LogP contribution in [0.2, 0.25) is 5.02 Å². The fourth-order valence-corrected chi connectivity index (χ4v) is 3.78. The van der Waals surface area contributed by atoms with Crippen LogP contribution >= 0.6 is 11.6 Å². The third-order valence-electron chi connectivity index (χ3n) is 5.22. The fraction of sp³-hybridized carbons (Fsp3) is 0.333. The largest absolute Gasteiger partial charge is 0.417 e. The van der Waals surface area contributed by atoms with Crippen LogP contribution in [0.5, 0.6) is 0 Å². The van der Waals surface area contributed by atoms with Crippen LogP contribution in [0, 0.1) is 6.92 Å². The summed E-state index contributed by atoms with van der Waals surface area (Å²) in [6.45, 7) is 3.61. The molecule has 7 nitrogen and oxygen atoms in total. The van der Waals surface area contributed by atoms with E-state index in [4.69, 9.17) is 11.6 Å². The topological polar surface area (TPSA) is 67.2 Å². The van der Waals surface area contributed by atoms with E-state index in [-0.39, 0.29) is 11.7 Å². The number of hydrogen-bond acceptors (Lipinski definition) is 5. The van der Waals surface area contributed by atoms with Gasteiger partial charge in [0.15, 0.2) is 0 Å². The van der Waals surface area contributed by atoms with Crippen LogP contribution in [-0.4, -0.2) is 56.7 Å². The summed E-state index contributed by atoms with van der Waals surface area (Å²) in [6, 6.07) is 9.53. The quantitative estimate of drug-likeness (QED) is 0.586. The molecule has 168 valence electrons. The molecule has 1 aromatic carbocycles. The molecular formula is C21H20ClF3N6O. The van der Waals surface area contributed by atoms with E-state index in [2.05, 4.69) is 15.1 Å². The van der Waals surface area contributed by atoms with Crippen molar-refractivity contribution in [3.05, 3.63) is 64.8 Å². The molecule has 0 radical (unpaired) electrons. The van der Waals surface area contributed by atoms with Crippen molar-refractivity contribution in [3.63, 3.8) is 0 Å². The van der Waals surface area contributed by atoms with Gasteiger partial charge in [-0.2, -0.15) is 13.2 Å². The maximum atomic E-state index is 13.0. The summed E-state index contributed by atoms with van der Waals surface area (Å²) in [5.41, 5.74) is -0.155. The van der Waals surface area contributed by atoms with Crippen LogP contribution in [0.15, 0.2) is 42.6 Å². The van der Waals surface area contributed by atoms with Gasteiger partial charge in [0.05, 0.1) is 16.3 Å². The summed E-state index contributed by atoms with van der Waals surface area (Å²) in [4.78, 5) is 24.8. The molecule has 3 heterocycles. The molecule has 1 aliphatic rings. The Morgan fingerprint density at radius 1 is 1.06 bits per heavy atom. The first-order valence-corrected chi connectivity index (χ1v) is 10.4. The van der Waals surface area contributed by atoms with Crippen molar-refractivity contribution < 1.29 is 18.0 Å². The molecule has 1 fully saturated rings. The normalized spacial score (nSPS) is 15.0. The molecule has 11 heteroatoms. The highest BCUT2D eigenvalue weighted by molar-refractivity contribution is 6.32. The number of para-hydroxylation sites is 1. The Bertz CT molecular complexity index is 1120. The second-order valence-electron chi connectivity index (χ2n) is 7.38. The van der Waals surface area contributed by atoms with Crippen molar-refractivity contribution >= 4 is 23.3 Å². The van der Waals surface area contributed by atoms with Gasteiger partial charge in [-0.25, -0.2) is 14.6 Å². The molecule has 0 spiro atoms. The van der Waals surface area contributed by atoms with Gasteiger partial charge in [-0.15, -0.1) is 5.10 Å². The predicted molar refractivity (Wildman–Crippen MR) is 113 cm³/mol. The van der Waals surface area contributed by atoms with Gasteiger partial charge >= 0.3 is 6.18 Å². The van der Waals surface area contributed by atoms with E-state index >= 15 is 0 Å². The molecule has 0 saturated carbocycles. The summed E-state index contributed by atoms with van der Waals surface area (Å²) in [7, 11) is 0. The average Bonchev–Trinajstić information content (AvgIpc) is 2.98. The number of anilines is 1. The highest BCUT2D eigenvalue weighted by Gasteiger charge is 2.31. The summed E-state index contributed by atoms with van der Waals surface area (Å²) in [5, 5.41) is 4.85. The molecule has 0 aliphatic carbocycles. The lowest BCUT2D eigenvalue weighted by Crippen LogP contribution is -2.36. The number of aryl methyl sites for hydroxylation is 1. The van der Waals surface area contributed by atoms with Crippen LogP contribution in [-0.2, 0) is 6.18 Å². The molecule has 0 bridgehead atoms. The molecule has 1 amide bonds. The summed E-state index contributed by atoms with van der Waals surface area (Å²) in [5.74, 6) is 0.751. The third kappa shape index (κ3) is 4.55. The van der Waals surface area contributed by atoms with Crippen LogP contribution < -0.4 is 4.90 Å². The predicted octanol–water partition coefficient (Wildman–Crippen LogP) is 4.00. The lowest BCUT2D eigenvalue weighted by Gasteiger charge is -2.22. The summed E-state index contributed by atoms with van der Waals surface area (Å²) in [6.07, 6.45) is -2.96. The van der Waals surface area contributed by atoms with Crippen molar-refractivity contribution in [1.29, 1.82) is 0 Å². The van der Waals surface area contributed by atoms with E-state index in [9.17, 15) is 18.0 Å². The maximum absolute atomic E-state index is 13.0. The molecule has 4 rings (SSSR count). The van der Waals surface area contributed by atoms with Crippen LogP contribution in [0.4, 0.5) is 19.0 Å². The molecule has 1 aliphatic heterocycles. The minimum absolute atomic E-state index is 0.0727. The number of aromatic nitrogens is 4. The Balaban J connectivity index is 1.46. The first kappa shape index (κ1) is 22.1. The number of hydrogen-bond donors (Lipinski definition) is 0. The van der Waals surface area contributed by atoms with Crippen molar-refractivity contribution in [2.24, 2.45) is 0 Å². The zero-order valence-corrected chi connectivity index (χ0v) is 17.9. The highest BCUT2D eigenvalue weighted by Crippen LogP contribution is 2.29. The Labute approximate surface area is 187 Å². The lowest BCUT2D eigenvalue weighted by molar-refractivity contribution is -0.137. The van der Waals surface area contributed by atoms with E-state index in [1.54, 1.807) is 30.0 Å². The number of amides is 1. The van der Waals surface area contributed by atoms with Crippen molar-refractivity contribution in [2.75, 3.05) is 31.1 Å². The minimum atomic E-state index is -4.42. The van der Waals surface area contributed by atoms with Gasteiger partial charge in [-0.1, -0.05) is 23.7 Å². The molecule has 32 heavy (non-hydrogen) atoms. The second-order valence-corrected chi connectivity index (χ2v) is 7.79. The number of carbonyl (C=O) groups is 1. The Morgan fingerprint density at radius 3 is 2.53 bits per heavy atom. The molecule has 2 aromatic heterocycles. The summed E-state index contributed by atoms with van der Waals surface area (Å²) < 4.78 is 39.8. The first-order valence-electron chi connectivity index (χ1n) is 10.00. The van der Waals surface area contributed by atoms with Crippen molar-refractivity contribution in [3.8, 4) is 5.69 Å². The number of rotatable bonds is 3. The monoisotopic (exact) mass is 464 g/mol. The van der Waals surface area contributed by atoms with Gasteiger partial charge in [-0.3, -0.25) is 4.79 Å². The Kier molecular flexibility index (Phi) is 6.05. The smallest absolute Gasteiger partial charge is 0.355 e. The van der Waals surface area contributed by atoms with Gasteiger partial charge in [0.25, 0.3) is 5.91 Å². The Morgan fingerprint density at radius 2 is 1.84 bits per heavy atom. The molecular weight excluding hydrogens is 445 g/mol. The zero-order chi connectivity index (χ0) is 22.9. The highest BCUT2D eigenvalue weighted by atomic mass is 35.5. The van der Waals surface area contributed by atoms with Crippen LogP contribution in [0.1, 0.15) is 28.4 Å². The first-order chi connectivity index (χ1) is 15.2. The van der Waals surface area contributed by atoms with Gasteiger partial charge in [0.1, 0.15) is 11.6 Å². The number of benzene rings is 1. The molecule has 0 N–H and O–H groups in total. The zero-order valence-electron chi connectivity index (χ0n) is 17.2. The van der Waals surface area contributed by atoms with E-state index in [1.165, 1.54) is 10.7 Å². The lowest BCUT2D eigenvalue weighted by atomic mass is 10.2. The number of pyridine rings is 1. The number of carbonyl (C=O) groups excluding carboxylic acids is 1. The van der Waals surface area contributed by atoms with E-state index in [0.29, 0.717) is 55.0 Å². The van der Waals surface area contributed by atoms with Gasteiger partial charge in [0.2, 0.25) is 5.82 Å². The van der Waals surface area contributed by atoms with Crippen molar-refractivity contribution in [2.45, 2.75) is 19.5 Å². The van der Waals surface area contributed by atoms with Crippen LogP contribution in [0.3, 0.4) is 0 Å². The van der Waals surface area contributed by atoms with E-state index < -0.39 is 11.7 Å². The molecule has 1 saturated heterocycles. The average molecular weight is 465 g/mol. The molecule has 0 atom stereocenters. The number of halogens is 4. The number of nitrogens with zero attached hydrogens (tertiary/aromatic N) is 6. The van der Waals surface area contributed by atoms with E-state index in [1.807, 2.05) is 11.0 Å².